The van der Waals surface area contributed by atoms with Gasteiger partial charge >= 0.3 is 79.1 Å². The Balaban J connectivity index is -0.000000218. The van der Waals surface area contributed by atoms with Gasteiger partial charge in [-0.05, 0) is 72.8 Å². The topological polar surface area (TPSA) is 139 Å². The van der Waals surface area contributed by atoms with Crippen LogP contribution in [0.15, 0.2) is 182 Å². The molecule has 0 aliphatic rings. The first-order valence-electron chi connectivity index (χ1n) is 14.4. The minimum absolute atomic E-state index is 0. The van der Waals surface area contributed by atoms with Crippen LogP contribution in [0.25, 0.3) is 0 Å². The van der Waals surface area contributed by atoms with E-state index in [2.05, 4.69) is 229 Å². The van der Waals surface area contributed by atoms with Gasteiger partial charge < -0.3 is 0 Å². The fraction of sp³-hybridized carbons (Fsp3) is 0. The molecule has 7 nitrogen and oxygen atoms in total. The van der Waals surface area contributed by atoms with Crippen LogP contribution in [0, 0.1) is 46.6 Å². The van der Waals surface area contributed by atoms with Crippen molar-refractivity contribution in [3.8, 4) is 0 Å². The molecule has 6 aromatic rings. The van der Waals surface area contributed by atoms with Crippen molar-refractivity contribution in [3.05, 3.63) is 229 Å². The van der Waals surface area contributed by atoms with Gasteiger partial charge in [0.2, 0.25) is 0 Å². The van der Waals surface area contributed by atoms with Gasteiger partial charge in [0.25, 0.3) is 0 Å². The fourth-order valence-corrected chi connectivity index (χ4v) is 9.78. The first-order valence-corrected chi connectivity index (χ1v) is 17.4. The second-order valence-electron chi connectivity index (χ2n) is 8.95. The van der Waals surface area contributed by atoms with Gasteiger partial charge in [-0.1, -0.05) is 109 Å². The number of rotatable bonds is 6. The molecule has 54 heavy (non-hydrogen) atoms. The molecule has 2 radical (unpaired) electrons. The van der Waals surface area contributed by atoms with E-state index in [1.165, 1.54) is 31.8 Å². The maximum atomic E-state index is 7.50. The van der Waals surface area contributed by atoms with E-state index in [-0.39, 0.29) is 33.6 Å². The van der Waals surface area contributed by atoms with Gasteiger partial charge in [0.05, 0.1) is 15.8 Å². The molecule has 6 rings (SSSR count). The van der Waals surface area contributed by atoms with E-state index < -0.39 is 15.8 Å². The first kappa shape index (κ1) is 58.7. The average Bonchev–Trinajstić information content (AvgIpc) is 3.29. The van der Waals surface area contributed by atoms with E-state index in [0.29, 0.717) is 0 Å². The molecule has 0 aliphatic heterocycles. The van der Waals surface area contributed by atoms with Crippen molar-refractivity contribution in [1.82, 2.24) is 0 Å². The molecule has 0 aromatic heterocycles. The molecule has 0 saturated heterocycles. The maximum Gasteiger partial charge on any atom is 0.102 e. The zero-order valence-corrected chi connectivity index (χ0v) is 32.4. The summed E-state index contributed by atoms with van der Waals surface area (Å²) in [6, 6.07) is 65.0. The molecule has 0 amide bonds. The molecule has 0 saturated carbocycles. The minimum Gasteiger partial charge on any atom is -0.0620 e. The van der Waals surface area contributed by atoms with Gasteiger partial charge in [-0.25, -0.2) is 0 Å². The van der Waals surface area contributed by atoms with Gasteiger partial charge in [0, 0.05) is 33.6 Å². The second kappa shape index (κ2) is 44.5. The van der Waals surface area contributed by atoms with Gasteiger partial charge in [-0.15, -0.1) is 0 Å². The average molecular weight is 841 g/mol. The van der Waals surface area contributed by atoms with Crippen molar-refractivity contribution in [1.29, 1.82) is 0 Å². The molecule has 11 heteroatoms. The minimum atomic E-state index is -0.877. The van der Waals surface area contributed by atoms with E-state index >= 15 is 0 Å². The summed E-state index contributed by atoms with van der Waals surface area (Å²) < 4.78 is 52.5. The SMILES string of the molecule is [C-]#[O+].[C-]#[O+].[C-]#[O+].[C-]#[O+].[C-]#[O+].[C-]#[O+].[C-]#[O+].[Co].[Co].c1ccc([PH+](c2ccccc2)c2ccccc2)cc1.c1ccc([PH+](c2ccccc2)c2ccccc2)cc1. The predicted molar refractivity (Wildman–Crippen MR) is 201 cm³/mol. The monoisotopic (exact) mass is 840 g/mol. The van der Waals surface area contributed by atoms with Gasteiger partial charge in [0.15, 0.2) is 0 Å². The summed E-state index contributed by atoms with van der Waals surface area (Å²) in [4.78, 5) is 0. The molecule has 0 fully saturated rings. The van der Waals surface area contributed by atoms with E-state index in [1.807, 2.05) is 0 Å². The molecule has 6 aromatic carbocycles. The normalized spacial score (nSPS) is 7.70. The molecule has 0 unspecified atom stereocenters. The van der Waals surface area contributed by atoms with Crippen LogP contribution < -0.4 is 31.8 Å². The summed E-state index contributed by atoms with van der Waals surface area (Å²) in [5.74, 6) is 0. The summed E-state index contributed by atoms with van der Waals surface area (Å²) >= 11 is 0. The van der Waals surface area contributed by atoms with E-state index in [4.69, 9.17) is 32.6 Å². The Bertz CT molecular complexity index is 1470. The third-order valence-electron chi connectivity index (χ3n) is 6.37. The summed E-state index contributed by atoms with van der Waals surface area (Å²) in [6.07, 6.45) is 0. The Morgan fingerprint density at radius 1 is 0.204 bits per heavy atom. The first-order chi connectivity index (χ1) is 25.9. The van der Waals surface area contributed by atoms with E-state index in [0.717, 1.165) is 0 Å². The maximum absolute atomic E-state index is 7.50. The van der Waals surface area contributed by atoms with E-state index in [9.17, 15) is 0 Å². The van der Waals surface area contributed by atoms with Crippen LogP contribution in [0.4, 0.5) is 0 Å². The molecule has 0 aliphatic carbocycles. The Morgan fingerprint density at radius 2 is 0.296 bits per heavy atom. The largest absolute Gasteiger partial charge is 0.102 e. The molecule has 272 valence electrons. The second-order valence-corrected chi connectivity index (χ2v) is 13.9. The summed E-state index contributed by atoms with van der Waals surface area (Å²) in [6.45, 7) is 31.5. The van der Waals surface area contributed by atoms with Crippen LogP contribution in [0.3, 0.4) is 0 Å². The molecule has 0 N–H and O–H groups in total. The predicted octanol–water partition coefficient (Wildman–Crippen LogP) is 6.09. The third-order valence-corrected chi connectivity index (χ3v) is 11.8. The Labute approximate surface area is 340 Å². The molecular weight excluding hydrogens is 808 g/mol. The van der Waals surface area contributed by atoms with Crippen LogP contribution in [0.5, 0.6) is 0 Å². The van der Waals surface area contributed by atoms with Crippen molar-refractivity contribution in [2.45, 2.75) is 0 Å². The quantitative estimate of drug-likeness (QED) is 0.109. The molecule has 0 bridgehead atoms. The zero-order valence-electron chi connectivity index (χ0n) is 28.3. The summed E-state index contributed by atoms with van der Waals surface area (Å²) in [7, 11) is -1.75. The summed E-state index contributed by atoms with van der Waals surface area (Å²) in [5, 5.41) is 8.61. The van der Waals surface area contributed by atoms with Crippen LogP contribution in [0.2, 0.25) is 0 Å². The van der Waals surface area contributed by atoms with Crippen molar-refractivity contribution < 1.29 is 66.1 Å². The standard InChI is InChI=1S/2C18H15P.7CO.2Co/c2*1-4-10-16(11-5-1)19(17-12-6-2-7-13-17)18-14-8-3-9-15-18;7*1-2;;/h2*1-15H;;;;;;;;;/p+2. The van der Waals surface area contributed by atoms with Crippen LogP contribution in [0.1, 0.15) is 0 Å². The van der Waals surface area contributed by atoms with Crippen LogP contribution in [-0.4, -0.2) is 0 Å². The Hall–Kier alpha value is -4.63. The third kappa shape index (κ3) is 22.4. The number of benzene rings is 6. The van der Waals surface area contributed by atoms with Crippen molar-refractivity contribution in [2.24, 2.45) is 0 Å². The van der Waals surface area contributed by atoms with Gasteiger partial charge in [0.1, 0.15) is 31.8 Å². The van der Waals surface area contributed by atoms with Crippen LogP contribution >= 0.6 is 15.8 Å². The van der Waals surface area contributed by atoms with Crippen molar-refractivity contribution >= 4 is 47.7 Å². The molecule has 0 spiro atoms. The van der Waals surface area contributed by atoms with Crippen LogP contribution in [-0.2, 0) is 66.1 Å². The fourth-order valence-electron chi connectivity index (χ4n) is 4.63. The molecule has 0 heterocycles. The zero-order chi connectivity index (χ0) is 39.8. The van der Waals surface area contributed by atoms with Gasteiger partial charge in [-0.2, -0.15) is 0 Å². The van der Waals surface area contributed by atoms with E-state index in [1.54, 1.807) is 0 Å². The Morgan fingerprint density at radius 3 is 0.389 bits per heavy atom. The molecule has 0 atom stereocenters. The summed E-state index contributed by atoms with van der Waals surface area (Å²) in [5.41, 5.74) is 0. The molecular formula is C43H32Co2O7P2+2. The number of hydrogen-bond acceptors (Lipinski definition) is 0. The smallest absolute Gasteiger partial charge is 0.0620 e. The Kier molecular flexibility index (Phi) is 48.4. The van der Waals surface area contributed by atoms with Crippen molar-refractivity contribution in [2.75, 3.05) is 0 Å². The van der Waals surface area contributed by atoms with Crippen molar-refractivity contribution in [3.63, 3.8) is 0 Å². The van der Waals surface area contributed by atoms with Gasteiger partial charge in [-0.3, -0.25) is 0 Å². The number of hydrogen-bond donors (Lipinski definition) is 0.